The molecular formula is C12H17NO. The minimum atomic E-state index is 0.352. The van der Waals surface area contributed by atoms with E-state index in [1.807, 2.05) is 12.1 Å². The van der Waals surface area contributed by atoms with Crippen LogP contribution >= 0.6 is 0 Å². The Hall–Kier alpha value is -1.02. The third-order valence-corrected chi connectivity index (χ3v) is 2.83. The van der Waals surface area contributed by atoms with Crippen LogP contribution in [0, 0.1) is 0 Å². The van der Waals surface area contributed by atoms with Gasteiger partial charge in [-0.25, -0.2) is 0 Å². The highest BCUT2D eigenvalue weighted by atomic mass is 16.3. The predicted molar refractivity (Wildman–Crippen MR) is 57.5 cm³/mol. The predicted octanol–water partition coefficient (Wildman–Crippen LogP) is 2.08. The van der Waals surface area contributed by atoms with E-state index in [1.165, 1.54) is 24.8 Å². The molecule has 1 aromatic carbocycles. The third kappa shape index (κ3) is 2.48. The number of nitrogens with one attached hydrogen (secondary N) is 1. The summed E-state index contributed by atoms with van der Waals surface area (Å²) in [6.45, 7) is 1.16. The fourth-order valence-corrected chi connectivity index (χ4v) is 2.01. The highest BCUT2D eigenvalue weighted by Crippen LogP contribution is 2.15. The molecule has 1 fully saturated rings. The molecule has 14 heavy (non-hydrogen) atoms. The molecule has 2 rings (SSSR count). The minimum Gasteiger partial charge on any atom is -0.508 e. The largest absolute Gasteiger partial charge is 0.508 e. The maximum Gasteiger partial charge on any atom is 0.115 e. The van der Waals surface area contributed by atoms with E-state index in [9.17, 15) is 0 Å². The molecule has 0 radical (unpaired) electrons. The van der Waals surface area contributed by atoms with E-state index in [0.717, 1.165) is 13.0 Å². The summed E-state index contributed by atoms with van der Waals surface area (Å²) >= 11 is 0. The first kappa shape index (κ1) is 9.53. The average molecular weight is 191 g/mol. The smallest absolute Gasteiger partial charge is 0.115 e. The molecule has 0 bridgehead atoms. The van der Waals surface area contributed by atoms with Gasteiger partial charge in [-0.3, -0.25) is 0 Å². The third-order valence-electron chi connectivity index (χ3n) is 2.83. The van der Waals surface area contributed by atoms with Gasteiger partial charge in [0.05, 0.1) is 0 Å². The Labute approximate surface area is 85.0 Å². The van der Waals surface area contributed by atoms with Crippen LogP contribution in [-0.4, -0.2) is 17.7 Å². The number of hydrogen-bond acceptors (Lipinski definition) is 2. The van der Waals surface area contributed by atoms with Gasteiger partial charge in [0.1, 0.15) is 5.75 Å². The summed E-state index contributed by atoms with van der Waals surface area (Å²) in [5.41, 5.74) is 1.31. The van der Waals surface area contributed by atoms with Crippen LogP contribution in [0.1, 0.15) is 24.8 Å². The molecule has 0 saturated carbocycles. The molecule has 1 aliphatic heterocycles. The van der Waals surface area contributed by atoms with Crippen molar-refractivity contribution in [3.8, 4) is 5.75 Å². The standard InChI is InChI=1S/C12H17NO/c14-12-6-4-10(5-7-12)9-11-3-1-2-8-13-11/h4-7,11,13-14H,1-3,8-9H2. The summed E-state index contributed by atoms with van der Waals surface area (Å²) in [6.07, 6.45) is 5.02. The van der Waals surface area contributed by atoms with Crippen molar-refractivity contribution in [1.82, 2.24) is 5.32 Å². The van der Waals surface area contributed by atoms with Crippen LogP contribution in [0.4, 0.5) is 0 Å². The Kier molecular flexibility index (Phi) is 3.04. The zero-order chi connectivity index (χ0) is 9.80. The van der Waals surface area contributed by atoms with Gasteiger partial charge in [0.25, 0.3) is 0 Å². The summed E-state index contributed by atoms with van der Waals surface area (Å²) in [4.78, 5) is 0. The summed E-state index contributed by atoms with van der Waals surface area (Å²) in [5, 5.41) is 12.7. The molecule has 1 aromatic rings. The second-order valence-corrected chi connectivity index (χ2v) is 4.02. The van der Waals surface area contributed by atoms with Gasteiger partial charge in [-0.2, -0.15) is 0 Å². The topological polar surface area (TPSA) is 32.3 Å². The SMILES string of the molecule is Oc1ccc(CC2CCCCN2)cc1. The van der Waals surface area contributed by atoms with Crippen molar-refractivity contribution < 1.29 is 5.11 Å². The Morgan fingerprint density at radius 3 is 2.64 bits per heavy atom. The molecule has 1 heterocycles. The quantitative estimate of drug-likeness (QED) is 0.750. The number of rotatable bonds is 2. The zero-order valence-corrected chi connectivity index (χ0v) is 8.37. The average Bonchev–Trinajstić information content (AvgIpc) is 2.23. The van der Waals surface area contributed by atoms with E-state index in [-0.39, 0.29) is 0 Å². The van der Waals surface area contributed by atoms with Gasteiger partial charge >= 0.3 is 0 Å². The summed E-state index contributed by atoms with van der Waals surface area (Å²) < 4.78 is 0. The molecule has 1 aliphatic rings. The van der Waals surface area contributed by atoms with E-state index < -0.39 is 0 Å². The number of aromatic hydroxyl groups is 1. The molecule has 2 N–H and O–H groups in total. The molecule has 0 spiro atoms. The van der Waals surface area contributed by atoms with Crippen molar-refractivity contribution in [2.24, 2.45) is 0 Å². The minimum absolute atomic E-state index is 0.352. The Bertz CT molecular complexity index is 275. The van der Waals surface area contributed by atoms with Gasteiger partial charge < -0.3 is 10.4 Å². The van der Waals surface area contributed by atoms with E-state index in [4.69, 9.17) is 5.11 Å². The molecule has 1 atom stereocenters. The van der Waals surface area contributed by atoms with Gasteiger partial charge in [-0.1, -0.05) is 18.6 Å². The first-order chi connectivity index (χ1) is 6.84. The maximum absolute atomic E-state index is 9.15. The Morgan fingerprint density at radius 1 is 1.21 bits per heavy atom. The van der Waals surface area contributed by atoms with Crippen molar-refractivity contribution in [3.05, 3.63) is 29.8 Å². The first-order valence-corrected chi connectivity index (χ1v) is 5.36. The van der Waals surface area contributed by atoms with Crippen molar-refractivity contribution in [2.75, 3.05) is 6.54 Å². The van der Waals surface area contributed by atoms with Crippen LogP contribution in [0.5, 0.6) is 5.75 Å². The lowest BCUT2D eigenvalue weighted by Crippen LogP contribution is -2.35. The molecule has 0 aromatic heterocycles. The van der Waals surface area contributed by atoms with Crippen LogP contribution in [0.3, 0.4) is 0 Å². The Balaban J connectivity index is 1.92. The van der Waals surface area contributed by atoms with Crippen LogP contribution in [-0.2, 0) is 6.42 Å². The second-order valence-electron chi connectivity index (χ2n) is 4.02. The number of hydrogen-bond donors (Lipinski definition) is 2. The fourth-order valence-electron chi connectivity index (χ4n) is 2.01. The van der Waals surface area contributed by atoms with Crippen LogP contribution < -0.4 is 5.32 Å². The van der Waals surface area contributed by atoms with E-state index in [2.05, 4.69) is 5.32 Å². The van der Waals surface area contributed by atoms with Gasteiger partial charge in [0.15, 0.2) is 0 Å². The highest BCUT2D eigenvalue weighted by molar-refractivity contribution is 5.26. The summed E-state index contributed by atoms with van der Waals surface area (Å²) in [6, 6.07) is 8.17. The van der Waals surface area contributed by atoms with Crippen molar-refractivity contribution in [3.63, 3.8) is 0 Å². The lowest BCUT2D eigenvalue weighted by atomic mass is 9.98. The highest BCUT2D eigenvalue weighted by Gasteiger charge is 2.12. The van der Waals surface area contributed by atoms with Gasteiger partial charge in [-0.15, -0.1) is 0 Å². The normalized spacial score (nSPS) is 22.1. The Morgan fingerprint density at radius 2 is 2.00 bits per heavy atom. The summed E-state index contributed by atoms with van der Waals surface area (Å²) in [5.74, 6) is 0.352. The number of phenols is 1. The number of benzene rings is 1. The van der Waals surface area contributed by atoms with Crippen molar-refractivity contribution in [2.45, 2.75) is 31.7 Å². The molecule has 76 valence electrons. The lowest BCUT2D eigenvalue weighted by molar-refractivity contribution is 0.399. The number of phenolic OH excluding ortho intramolecular Hbond substituents is 1. The van der Waals surface area contributed by atoms with Gasteiger partial charge in [-0.05, 0) is 43.5 Å². The summed E-state index contributed by atoms with van der Waals surface area (Å²) in [7, 11) is 0. The van der Waals surface area contributed by atoms with Crippen LogP contribution in [0.25, 0.3) is 0 Å². The molecular weight excluding hydrogens is 174 g/mol. The molecule has 0 amide bonds. The van der Waals surface area contributed by atoms with Crippen LogP contribution in [0.15, 0.2) is 24.3 Å². The molecule has 2 heteroatoms. The first-order valence-electron chi connectivity index (χ1n) is 5.36. The molecule has 1 unspecified atom stereocenters. The monoisotopic (exact) mass is 191 g/mol. The zero-order valence-electron chi connectivity index (χ0n) is 8.37. The van der Waals surface area contributed by atoms with Gasteiger partial charge in [0.2, 0.25) is 0 Å². The molecule has 1 saturated heterocycles. The van der Waals surface area contributed by atoms with E-state index in [0.29, 0.717) is 11.8 Å². The van der Waals surface area contributed by atoms with E-state index in [1.54, 1.807) is 12.1 Å². The number of piperidine rings is 1. The molecule has 0 aliphatic carbocycles. The maximum atomic E-state index is 9.15. The van der Waals surface area contributed by atoms with Crippen molar-refractivity contribution in [1.29, 1.82) is 0 Å². The van der Waals surface area contributed by atoms with Gasteiger partial charge in [0, 0.05) is 6.04 Å². The van der Waals surface area contributed by atoms with Crippen molar-refractivity contribution >= 4 is 0 Å². The lowest BCUT2D eigenvalue weighted by Gasteiger charge is -2.23. The molecule has 2 nitrogen and oxygen atoms in total. The second kappa shape index (κ2) is 4.47. The van der Waals surface area contributed by atoms with E-state index >= 15 is 0 Å². The van der Waals surface area contributed by atoms with Crippen LogP contribution in [0.2, 0.25) is 0 Å². The fraction of sp³-hybridized carbons (Fsp3) is 0.500.